The molecule has 0 saturated heterocycles. The summed E-state index contributed by atoms with van der Waals surface area (Å²) in [7, 11) is 1.68. The van der Waals surface area contributed by atoms with E-state index in [4.69, 9.17) is 4.74 Å². The van der Waals surface area contributed by atoms with Crippen molar-refractivity contribution in [3.8, 4) is 0 Å². The fraction of sp³-hybridized carbons (Fsp3) is 0.176. The van der Waals surface area contributed by atoms with E-state index in [0.717, 1.165) is 5.57 Å². The molecule has 0 aliphatic carbocycles. The van der Waals surface area contributed by atoms with Crippen molar-refractivity contribution in [2.24, 2.45) is 0 Å². The molecule has 2 rings (SSSR count). The van der Waals surface area contributed by atoms with Gasteiger partial charge < -0.3 is 4.74 Å². The first-order chi connectivity index (χ1) is 8.70. The summed E-state index contributed by atoms with van der Waals surface area (Å²) in [5.74, 6) is 0. The van der Waals surface area contributed by atoms with Crippen LogP contribution >= 0.6 is 0 Å². The molecule has 2 aromatic rings. The van der Waals surface area contributed by atoms with E-state index in [-0.39, 0.29) is 0 Å². The van der Waals surface area contributed by atoms with E-state index in [0.29, 0.717) is 0 Å². The molecule has 0 spiro atoms. The van der Waals surface area contributed by atoms with Crippen LogP contribution in [-0.2, 0) is 4.74 Å². The third-order valence-electron chi connectivity index (χ3n) is 2.96. The van der Waals surface area contributed by atoms with E-state index < -0.39 is 0 Å². The fourth-order valence-corrected chi connectivity index (χ4v) is 1.89. The second-order valence-corrected chi connectivity index (χ2v) is 4.50. The van der Waals surface area contributed by atoms with Crippen molar-refractivity contribution in [1.29, 1.82) is 0 Å². The Morgan fingerprint density at radius 3 is 1.50 bits per heavy atom. The van der Waals surface area contributed by atoms with Gasteiger partial charge in [0.05, 0.1) is 13.4 Å². The Labute approximate surface area is 109 Å². The van der Waals surface area contributed by atoms with Gasteiger partial charge in [0.15, 0.2) is 0 Å². The van der Waals surface area contributed by atoms with Gasteiger partial charge in [0.1, 0.15) is 0 Å². The smallest absolute Gasteiger partial charge is 0.0909 e. The molecule has 0 atom stereocenters. The zero-order valence-corrected chi connectivity index (χ0v) is 11.1. The maximum atomic E-state index is 5.21. The number of methoxy groups -OCH3 is 1. The van der Waals surface area contributed by atoms with Gasteiger partial charge in [0.2, 0.25) is 0 Å². The van der Waals surface area contributed by atoms with Gasteiger partial charge in [-0.15, -0.1) is 0 Å². The molecule has 0 aliphatic heterocycles. The molecule has 0 aromatic heterocycles. The number of benzene rings is 2. The minimum atomic E-state index is 1.11. The highest BCUT2D eigenvalue weighted by Crippen LogP contribution is 2.24. The van der Waals surface area contributed by atoms with E-state index in [9.17, 15) is 0 Å². The molecule has 0 saturated carbocycles. The highest BCUT2D eigenvalue weighted by atomic mass is 16.5. The minimum Gasteiger partial charge on any atom is -0.504 e. The third-order valence-corrected chi connectivity index (χ3v) is 2.96. The Kier molecular flexibility index (Phi) is 3.83. The summed E-state index contributed by atoms with van der Waals surface area (Å²) in [4.78, 5) is 0. The largest absolute Gasteiger partial charge is 0.504 e. The van der Waals surface area contributed by atoms with Gasteiger partial charge in [-0.1, -0.05) is 59.7 Å². The molecule has 0 N–H and O–H groups in total. The number of hydrogen-bond acceptors (Lipinski definition) is 1. The number of hydrogen-bond donors (Lipinski definition) is 0. The number of rotatable bonds is 3. The molecule has 0 aliphatic rings. The topological polar surface area (TPSA) is 9.23 Å². The predicted octanol–water partition coefficient (Wildman–Crippen LogP) is 4.34. The van der Waals surface area contributed by atoms with Crippen LogP contribution in [0.5, 0.6) is 0 Å². The van der Waals surface area contributed by atoms with Crippen LogP contribution in [0.2, 0.25) is 0 Å². The highest BCUT2D eigenvalue weighted by Gasteiger charge is 2.05. The molecule has 0 unspecified atom stereocenters. The highest BCUT2D eigenvalue weighted by molar-refractivity contribution is 5.79. The molecule has 0 heterocycles. The second kappa shape index (κ2) is 5.54. The summed E-state index contributed by atoms with van der Waals surface area (Å²) < 4.78 is 5.21. The molecule has 1 heteroatoms. The maximum Gasteiger partial charge on any atom is 0.0909 e. The molecular weight excluding hydrogens is 220 g/mol. The molecular formula is C17H18O. The molecule has 92 valence electrons. The summed E-state index contributed by atoms with van der Waals surface area (Å²) >= 11 is 0. The van der Waals surface area contributed by atoms with Gasteiger partial charge in [-0.2, -0.15) is 0 Å². The van der Waals surface area contributed by atoms with Crippen LogP contribution in [0.25, 0.3) is 5.57 Å². The number of aryl methyl sites for hydroxylation is 2. The normalized spacial score (nSPS) is 9.94. The summed E-state index contributed by atoms with van der Waals surface area (Å²) in [6.07, 6.45) is 1.80. The lowest BCUT2D eigenvalue weighted by molar-refractivity contribution is 0.340. The van der Waals surface area contributed by atoms with Crippen LogP contribution in [0.4, 0.5) is 0 Å². The summed E-state index contributed by atoms with van der Waals surface area (Å²) in [5.41, 5.74) is 5.98. The van der Waals surface area contributed by atoms with Crippen LogP contribution in [0.3, 0.4) is 0 Å². The monoisotopic (exact) mass is 238 g/mol. The van der Waals surface area contributed by atoms with E-state index in [1.807, 2.05) is 0 Å². The lowest BCUT2D eigenvalue weighted by Crippen LogP contribution is -1.89. The zero-order chi connectivity index (χ0) is 13.0. The third kappa shape index (κ3) is 2.80. The van der Waals surface area contributed by atoms with Crippen LogP contribution in [0.1, 0.15) is 22.3 Å². The van der Waals surface area contributed by atoms with Gasteiger partial charge in [-0.05, 0) is 25.0 Å². The Balaban J connectivity index is 2.43. The first-order valence-electron chi connectivity index (χ1n) is 6.08. The van der Waals surface area contributed by atoms with Crippen molar-refractivity contribution in [1.82, 2.24) is 0 Å². The van der Waals surface area contributed by atoms with Gasteiger partial charge in [0, 0.05) is 5.57 Å². The second-order valence-electron chi connectivity index (χ2n) is 4.50. The van der Waals surface area contributed by atoms with E-state index in [1.54, 1.807) is 13.4 Å². The lowest BCUT2D eigenvalue weighted by Gasteiger charge is -2.09. The van der Waals surface area contributed by atoms with Crippen molar-refractivity contribution in [2.45, 2.75) is 13.8 Å². The molecule has 0 radical (unpaired) electrons. The van der Waals surface area contributed by atoms with Crippen molar-refractivity contribution in [3.63, 3.8) is 0 Å². The summed E-state index contributed by atoms with van der Waals surface area (Å²) in [6.45, 7) is 4.19. The van der Waals surface area contributed by atoms with E-state index >= 15 is 0 Å². The van der Waals surface area contributed by atoms with Crippen molar-refractivity contribution in [3.05, 3.63) is 77.0 Å². The lowest BCUT2D eigenvalue weighted by atomic mass is 9.97. The Morgan fingerprint density at radius 1 is 0.778 bits per heavy atom. The van der Waals surface area contributed by atoms with Gasteiger partial charge in [0.25, 0.3) is 0 Å². The standard InChI is InChI=1S/C17H18O/c1-13-4-8-15(9-5-13)17(12-18-3)16-10-6-14(2)7-11-16/h4-12H,1-3H3. The molecule has 1 nitrogen and oxygen atoms in total. The van der Waals surface area contributed by atoms with Crippen LogP contribution in [-0.4, -0.2) is 7.11 Å². The van der Waals surface area contributed by atoms with E-state index in [2.05, 4.69) is 62.4 Å². The van der Waals surface area contributed by atoms with Gasteiger partial charge >= 0.3 is 0 Å². The average Bonchev–Trinajstić information content (AvgIpc) is 2.39. The van der Waals surface area contributed by atoms with Crippen molar-refractivity contribution in [2.75, 3.05) is 7.11 Å². The molecule has 0 amide bonds. The molecule has 0 fully saturated rings. The SMILES string of the molecule is COC=C(c1ccc(C)cc1)c1ccc(C)cc1. The van der Waals surface area contributed by atoms with Crippen LogP contribution in [0, 0.1) is 13.8 Å². The van der Waals surface area contributed by atoms with Crippen molar-refractivity contribution >= 4 is 5.57 Å². The van der Waals surface area contributed by atoms with E-state index in [1.165, 1.54) is 22.3 Å². The Bertz CT molecular complexity index is 485. The number of ether oxygens (including phenoxy) is 1. The predicted molar refractivity (Wildman–Crippen MR) is 76.4 cm³/mol. The summed E-state index contributed by atoms with van der Waals surface area (Å²) in [6, 6.07) is 17.0. The zero-order valence-electron chi connectivity index (χ0n) is 11.1. The molecule has 18 heavy (non-hydrogen) atoms. The Hall–Kier alpha value is -2.02. The molecule has 2 aromatic carbocycles. The van der Waals surface area contributed by atoms with Gasteiger partial charge in [-0.25, -0.2) is 0 Å². The minimum absolute atomic E-state index is 1.11. The first-order valence-corrected chi connectivity index (χ1v) is 6.08. The maximum absolute atomic E-state index is 5.21. The van der Waals surface area contributed by atoms with Crippen LogP contribution < -0.4 is 0 Å². The van der Waals surface area contributed by atoms with Gasteiger partial charge in [-0.3, -0.25) is 0 Å². The Morgan fingerprint density at radius 2 is 1.17 bits per heavy atom. The summed E-state index contributed by atoms with van der Waals surface area (Å²) in [5, 5.41) is 0. The molecule has 0 bridgehead atoms. The first kappa shape index (κ1) is 12.4. The fourth-order valence-electron chi connectivity index (χ4n) is 1.89. The van der Waals surface area contributed by atoms with Crippen molar-refractivity contribution < 1.29 is 4.74 Å². The quantitative estimate of drug-likeness (QED) is 0.723. The average molecular weight is 238 g/mol. The van der Waals surface area contributed by atoms with Crippen LogP contribution in [0.15, 0.2) is 54.8 Å².